The van der Waals surface area contributed by atoms with Crippen LogP contribution >= 0.6 is 0 Å². The maximum atomic E-state index is 9.90. The van der Waals surface area contributed by atoms with Crippen molar-refractivity contribution in [2.75, 3.05) is 0 Å². The second-order valence-corrected chi connectivity index (χ2v) is 10.0. The predicted molar refractivity (Wildman–Crippen MR) is 181 cm³/mol. The van der Waals surface area contributed by atoms with E-state index < -0.39 is 0 Å². The van der Waals surface area contributed by atoms with Crippen molar-refractivity contribution in [1.82, 2.24) is 9.97 Å². The Bertz CT molecular complexity index is 1840. The number of benzene rings is 5. The number of phenolic OH excluding ortho intramolecular Hbond substituents is 3. The van der Waals surface area contributed by atoms with Crippen LogP contribution in [0.1, 0.15) is 11.4 Å². The fourth-order valence-corrected chi connectivity index (χ4v) is 4.77. The molecule has 0 aliphatic heterocycles. The Kier molecular flexibility index (Phi) is 10.8. The normalized spacial score (nSPS) is 10.1. The first kappa shape index (κ1) is 31.9. The Balaban J connectivity index is 0.000000162. The number of aromatic nitrogens is 2. The fourth-order valence-electron chi connectivity index (χ4n) is 4.77. The number of fused-ring (bicyclic) bond motifs is 2. The first-order chi connectivity index (χ1) is 20.9. The van der Waals surface area contributed by atoms with Gasteiger partial charge in [0, 0.05) is 42.0 Å². The zero-order valence-corrected chi connectivity index (χ0v) is 27.0. The molecule has 2 heterocycles. The summed E-state index contributed by atoms with van der Waals surface area (Å²) in [6.45, 7) is 3.85. The minimum Gasteiger partial charge on any atom is -0.508 e. The van der Waals surface area contributed by atoms with Gasteiger partial charge >= 0.3 is 0 Å². The maximum Gasteiger partial charge on any atom is 0.141 e. The van der Waals surface area contributed by atoms with Crippen LogP contribution in [0.25, 0.3) is 44.1 Å². The van der Waals surface area contributed by atoms with Gasteiger partial charge < -0.3 is 15.3 Å². The Morgan fingerprint density at radius 3 is 1.11 bits per heavy atom. The van der Waals surface area contributed by atoms with Gasteiger partial charge in [-0.3, -0.25) is 0 Å². The molecule has 3 N–H and O–H groups in total. The van der Waals surface area contributed by atoms with E-state index in [9.17, 15) is 10.2 Å². The molecule has 0 fully saturated rings. The van der Waals surface area contributed by atoms with Crippen LogP contribution in [-0.4, -0.2) is 45.1 Å². The van der Waals surface area contributed by atoms with E-state index in [4.69, 9.17) is 5.11 Å². The number of phenols is 3. The monoisotopic (exact) mass is 633 g/mol. The molecular formula is C38H32GaN2O3. The summed E-state index contributed by atoms with van der Waals surface area (Å²) in [4.78, 5) is 8.82. The van der Waals surface area contributed by atoms with Gasteiger partial charge in [-0.1, -0.05) is 91.0 Å². The molecule has 6 heteroatoms. The van der Waals surface area contributed by atoms with Crippen molar-refractivity contribution >= 4 is 41.6 Å². The van der Waals surface area contributed by atoms with E-state index in [2.05, 4.69) is 34.2 Å². The average Bonchev–Trinajstić information content (AvgIpc) is 3.04. The SMILES string of the molecule is Cc1ccc2c(-c3ccccc3)ccc(O)c2n1.Cc1ccc2c(-c3ccccc3)ccc(O)c2n1.Oc1ccccc1.[Ga]. The standard InChI is InChI=1S/2C16H13NO.C6H6O.Ga/c2*1-11-7-8-14-13(12-5-3-2-4-6-12)9-10-15(18)16(14)17-11;7-6-4-2-1-3-5-6;/h2*2-10,18H,1H3;1-5,7H;. The summed E-state index contributed by atoms with van der Waals surface area (Å²) in [6.07, 6.45) is 0. The molecule has 0 aliphatic carbocycles. The van der Waals surface area contributed by atoms with Gasteiger partial charge in [0.05, 0.1) is 0 Å². The van der Waals surface area contributed by atoms with Gasteiger partial charge in [-0.25, -0.2) is 9.97 Å². The summed E-state index contributed by atoms with van der Waals surface area (Å²) in [5.41, 5.74) is 7.59. The van der Waals surface area contributed by atoms with Crippen molar-refractivity contribution in [3.63, 3.8) is 0 Å². The van der Waals surface area contributed by atoms with E-state index in [1.54, 1.807) is 36.4 Å². The summed E-state index contributed by atoms with van der Waals surface area (Å²) in [6, 6.07) is 44.2. The average molecular weight is 634 g/mol. The van der Waals surface area contributed by atoms with Crippen LogP contribution in [0.2, 0.25) is 0 Å². The zero-order chi connectivity index (χ0) is 30.2. The van der Waals surface area contributed by atoms with E-state index in [0.29, 0.717) is 16.8 Å². The molecule has 0 aliphatic rings. The molecule has 215 valence electrons. The van der Waals surface area contributed by atoms with Crippen molar-refractivity contribution in [3.05, 3.63) is 151 Å². The van der Waals surface area contributed by atoms with Crippen LogP contribution in [0.3, 0.4) is 0 Å². The number of nitrogens with zero attached hydrogens (tertiary/aromatic N) is 2. The molecule has 5 nitrogen and oxygen atoms in total. The van der Waals surface area contributed by atoms with E-state index in [1.807, 2.05) is 92.7 Å². The largest absolute Gasteiger partial charge is 0.508 e. The molecule has 0 atom stereocenters. The van der Waals surface area contributed by atoms with Crippen LogP contribution in [0.4, 0.5) is 0 Å². The molecule has 5 aromatic carbocycles. The molecule has 0 unspecified atom stereocenters. The van der Waals surface area contributed by atoms with Crippen molar-refractivity contribution in [2.45, 2.75) is 13.8 Å². The van der Waals surface area contributed by atoms with Crippen LogP contribution in [0, 0.1) is 13.8 Å². The molecule has 44 heavy (non-hydrogen) atoms. The van der Waals surface area contributed by atoms with Gasteiger partial charge in [-0.2, -0.15) is 0 Å². The van der Waals surface area contributed by atoms with Gasteiger partial charge in [0.1, 0.15) is 28.3 Å². The van der Waals surface area contributed by atoms with Crippen molar-refractivity contribution < 1.29 is 15.3 Å². The quantitative estimate of drug-likeness (QED) is 0.166. The predicted octanol–water partition coefficient (Wildman–Crippen LogP) is 8.84. The summed E-state index contributed by atoms with van der Waals surface area (Å²) in [5, 5.41) is 30.4. The minimum atomic E-state index is 0. The Morgan fingerprint density at radius 1 is 0.409 bits per heavy atom. The van der Waals surface area contributed by atoms with Crippen molar-refractivity contribution in [1.29, 1.82) is 0 Å². The topological polar surface area (TPSA) is 86.5 Å². The molecule has 0 spiro atoms. The molecule has 2 aromatic heterocycles. The number of aromatic hydroxyl groups is 3. The van der Waals surface area contributed by atoms with Gasteiger partial charge in [-0.15, -0.1) is 0 Å². The second kappa shape index (κ2) is 14.9. The Hall–Kier alpha value is -5.04. The van der Waals surface area contributed by atoms with Crippen LogP contribution in [0.5, 0.6) is 17.2 Å². The second-order valence-electron chi connectivity index (χ2n) is 10.0. The number of pyridine rings is 2. The van der Waals surface area contributed by atoms with Crippen molar-refractivity contribution in [3.8, 4) is 39.5 Å². The summed E-state index contributed by atoms with van der Waals surface area (Å²) in [7, 11) is 0. The molecule has 0 amide bonds. The maximum absolute atomic E-state index is 9.90. The zero-order valence-electron chi connectivity index (χ0n) is 24.6. The van der Waals surface area contributed by atoms with Gasteiger partial charge in [-0.05, 0) is 84.6 Å². The molecule has 7 aromatic rings. The van der Waals surface area contributed by atoms with Crippen LogP contribution < -0.4 is 0 Å². The minimum absolute atomic E-state index is 0. The molecule has 0 saturated heterocycles. The molecule has 0 saturated carbocycles. The van der Waals surface area contributed by atoms with E-state index in [1.165, 1.54) is 0 Å². The van der Waals surface area contributed by atoms with E-state index in [0.717, 1.165) is 44.4 Å². The molecule has 3 radical (unpaired) electrons. The third kappa shape index (κ3) is 7.66. The third-order valence-corrected chi connectivity index (χ3v) is 6.88. The number of para-hydroxylation sites is 1. The Labute approximate surface area is 270 Å². The fraction of sp³-hybridized carbons (Fsp3) is 0.0526. The van der Waals surface area contributed by atoms with Gasteiger partial charge in [0.15, 0.2) is 0 Å². The molecule has 7 rings (SSSR count). The van der Waals surface area contributed by atoms with Gasteiger partial charge in [0.2, 0.25) is 0 Å². The summed E-state index contributed by atoms with van der Waals surface area (Å²) >= 11 is 0. The first-order valence-electron chi connectivity index (χ1n) is 13.9. The smallest absolute Gasteiger partial charge is 0.141 e. The first-order valence-corrected chi connectivity index (χ1v) is 13.9. The number of aryl methyl sites for hydroxylation is 2. The van der Waals surface area contributed by atoms with Crippen molar-refractivity contribution in [2.24, 2.45) is 0 Å². The number of hydrogen-bond acceptors (Lipinski definition) is 5. The Morgan fingerprint density at radius 2 is 0.773 bits per heavy atom. The molecular weight excluding hydrogens is 602 g/mol. The third-order valence-electron chi connectivity index (χ3n) is 6.88. The summed E-state index contributed by atoms with van der Waals surface area (Å²) in [5.74, 6) is 0.782. The number of rotatable bonds is 2. The van der Waals surface area contributed by atoms with Crippen LogP contribution in [0.15, 0.2) is 140 Å². The number of hydrogen-bond donors (Lipinski definition) is 3. The van der Waals surface area contributed by atoms with Crippen LogP contribution in [-0.2, 0) is 0 Å². The molecule has 0 bridgehead atoms. The van der Waals surface area contributed by atoms with E-state index in [-0.39, 0.29) is 31.3 Å². The van der Waals surface area contributed by atoms with Gasteiger partial charge in [0.25, 0.3) is 0 Å². The summed E-state index contributed by atoms with van der Waals surface area (Å²) < 4.78 is 0. The van der Waals surface area contributed by atoms with E-state index >= 15 is 0 Å².